The Balaban J connectivity index is 1.11. The maximum atomic E-state index is 13.3. The minimum atomic E-state index is -4.65. The van der Waals surface area contributed by atoms with Crippen molar-refractivity contribution in [3.63, 3.8) is 0 Å². The van der Waals surface area contributed by atoms with Crippen LogP contribution in [0.2, 0.25) is 5.02 Å². The van der Waals surface area contributed by atoms with Gasteiger partial charge in [-0.15, -0.1) is 10.2 Å². The smallest absolute Gasteiger partial charge is 0.380 e. The second kappa shape index (κ2) is 8.27. The molecule has 0 atom stereocenters. The molecule has 4 aliphatic rings. The van der Waals surface area contributed by atoms with E-state index in [9.17, 15) is 18.3 Å². The average molecular weight is 558 g/mol. The topological polar surface area (TPSA) is 110 Å². The number of nitriles is 1. The summed E-state index contributed by atoms with van der Waals surface area (Å²) in [5.41, 5.74) is -0.542. The summed E-state index contributed by atoms with van der Waals surface area (Å²) in [7, 11) is 0. The molecule has 3 aromatic rings. The highest BCUT2D eigenvalue weighted by atomic mass is 35.5. The van der Waals surface area contributed by atoms with Crippen molar-refractivity contribution in [2.75, 3.05) is 36.0 Å². The number of fused-ring (bicyclic) bond motifs is 3. The Hall–Kier alpha value is -3.47. The number of hydrogen-bond donors (Lipinski definition) is 1. The van der Waals surface area contributed by atoms with Gasteiger partial charge in [0.15, 0.2) is 11.4 Å². The first-order chi connectivity index (χ1) is 18.6. The van der Waals surface area contributed by atoms with E-state index in [2.05, 4.69) is 30.0 Å². The lowest BCUT2D eigenvalue weighted by atomic mass is 9.73. The van der Waals surface area contributed by atoms with E-state index < -0.39 is 17.8 Å². The first kappa shape index (κ1) is 24.6. The Morgan fingerprint density at radius 2 is 1.79 bits per heavy atom. The number of aliphatic hydroxyl groups is 1. The fourth-order valence-electron chi connectivity index (χ4n) is 6.26. The summed E-state index contributed by atoms with van der Waals surface area (Å²) in [6.45, 7) is 3.74. The molecule has 0 unspecified atom stereocenters. The Kier molecular flexibility index (Phi) is 5.21. The molecular formula is C25H23ClF3N9O. The minimum absolute atomic E-state index is 0.0615. The molecule has 2 aromatic heterocycles. The third kappa shape index (κ3) is 3.84. The van der Waals surface area contributed by atoms with Crippen molar-refractivity contribution in [2.24, 2.45) is 5.41 Å². The number of anilines is 2. The third-order valence-corrected chi connectivity index (χ3v) is 8.57. The molecule has 1 aliphatic carbocycles. The molecule has 7 rings (SSSR count). The first-order valence-electron chi connectivity index (χ1n) is 12.6. The molecule has 202 valence electrons. The normalized spacial score (nSPS) is 25.6. The summed E-state index contributed by atoms with van der Waals surface area (Å²) in [6, 6.07) is 8.68. The van der Waals surface area contributed by atoms with E-state index in [1.807, 2.05) is 27.7 Å². The average Bonchev–Trinajstić information content (AvgIpc) is 3.15. The quantitative estimate of drug-likeness (QED) is 0.519. The van der Waals surface area contributed by atoms with Crippen LogP contribution < -0.4 is 9.80 Å². The second-order valence-electron chi connectivity index (χ2n) is 11.1. The van der Waals surface area contributed by atoms with Crippen molar-refractivity contribution < 1.29 is 18.3 Å². The molecule has 1 aromatic carbocycles. The van der Waals surface area contributed by atoms with Crippen molar-refractivity contribution in [3.05, 3.63) is 52.6 Å². The number of aromatic nitrogens is 5. The highest BCUT2D eigenvalue weighted by Crippen LogP contribution is 2.49. The largest absolute Gasteiger partial charge is 0.417 e. The van der Waals surface area contributed by atoms with Gasteiger partial charge in [0.05, 0.1) is 12.2 Å². The van der Waals surface area contributed by atoms with Crippen LogP contribution in [0.25, 0.3) is 5.69 Å². The number of benzene rings is 1. The van der Waals surface area contributed by atoms with Gasteiger partial charge in [0.25, 0.3) is 0 Å². The Morgan fingerprint density at radius 3 is 2.51 bits per heavy atom. The molecule has 0 bridgehead atoms. The molecule has 1 spiro atoms. The fourth-order valence-corrected chi connectivity index (χ4v) is 6.45. The van der Waals surface area contributed by atoms with Crippen LogP contribution >= 0.6 is 11.6 Å². The number of halogens is 4. The van der Waals surface area contributed by atoms with Crippen molar-refractivity contribution >= 4 is 23.5 Å². The third-order valence-electron chi connectivity index (χ3n) is 8.33. The molecule has 10 nitrogen and oxygen atoms in total. The fraction of sp³-hybridized carbons (Fsp3) is 0.480. The van der Waals surface area contributed by atoms with E-state index in [-0.39, 0.29) is 18.3 Å². The number of hydrogen-bond acceptors (Lipinski definition) is 9. The SMILES string of the molecule is N#Cc1ccnc(N2CC3(C2)CN(c2nnc4n2-c2ccc(Cl)cc2CN(C2CC(O)(C(F)(F)F)C2)C4)C3)n1. The molecule has 0 radical (unpaired) electrons. The molecule has 2 saturated heterocycles. The van der Waals surface area contributed by atoms with E-state index in [1.54, 1.807) is 18.3 Å². The zero-order valence-corrected chi connectivity index (χ0v) is 21.4. The predicted molar refractivity (Wildman–Crippen MR) is 133 cm³/mol. The van der Waals surface area contributed by atoms with Crippen LogP contribution in [0.5, 0.6) is 0 Å². The lowest BCUT2D eigenvalue weighted by Gasteiger charge is -2.60. The van der Waals surface area contributed by atoms with Gasteiger partial charge in [0, 0.05) is 68.2 Å². The standard InChI is InChI=1S/C25H23ClF3N9O/c26-16-1-2-19-15(5-16)9-35(18-6-24(39,7-18)25(27,28)29)10-20-33-34-22(38(19)20)37-13-23(14-37)11-36(12-23)21-31-4-3-17(8-30)32-21/h1-5,18,39H,6-7,9-14H2. The summed E-state index contributed by atoms with van der Waals surface area (Å²) in [6.07, 6.45) is -3.82. The highest BCUT2D eigenvalue weighted by molar-refractivity contribution is 6.30. The van der Waals surface area contributed by atoms with Crippen LogP contribution in [-0.4, -0.2) is 78.7 Å². The lowest BCUT2D eigenvalue weighted by molar-refractivity contribution is -0.300. The summed E-state index contributed by atoms with van der Waals surface area (Å²) in [5.74, 6) is 1.86. The summed E-state index contributed by atoms with van der Waals surface area (Å²) in [5, 5.41) is 28.6. The van der Waals surface area contributed by atoms with Gasteiger partial charge in [-0.3, -0.25) is 9.47 Å². The van der Waals surface area contributed by atoms with E-state index in [1.165, 1.54) is 0 Å². The maximum absolute atomic E-state index is 13.3. The molecule has 3 aliphatic heterocycles. The Labute approximate surface area is 226 Å². The number of rotatable bonds is 3. The van der Waals surface area contributed by atoms with Crippen LogP contribution in [0.3, 0.4) is 0 Å². The molecule has 0 amide bonds. The van der Waals surface area contributed by atoms with Crippen LogP contribution in [0.1, 0.15) is 29.9 Å². The van der Waals surface area contributed by atoms with Crippen molar-refractivity contribution in [1.29, 1.82) is 5.26 Å². The molecule has 5 heterocycles. The van der Waals surface area contributed by atoms with E-state index in [0.717, 1.165) is 37.4 Å². The molecule has 1 N–H and O–H groups in total. The maximum Gasteiger partial charge on any atom is 0.417 e. The van der Waals surface area contributed by atoms with Crippen LogP contribution in [0, 0.1) is 16.7 Å². The van der Waals surface area contributed by atoms with Crippen LogP contribution in [0.15, 0.2) is 30.5 Å². The molecule has 3 fully saturated rings. The van der Waals surface area contributed by atoms with Gasteiger partial charge in [0.1, 0.15) is 11.8 Å². The Bertz CT molecular complexity index is 1500. The van der Waals surface area contributed by atoms with Gasteiger partial charge in [-0.1, -0.05) is 11.6 Å². The molecule has 1 saturated carbocycles. The van der Waals surface area contributed by atoms with Crippen molar-refractivity contribution in [1.82, 2.24) is 29.6 Å². The van der Waals surface area contributed by atoms with E-state index >= 15 is 0 Å². The minimum Gasteiger partial charge on any atom is -0.380 e. The second-order valence-corrected chi connectivity index (χ2v) is 11.5. The van der Waals surface area contributed by atoms with Gasteiger partial charge in [-0.05, 0) is 29.8 Å². The summed E-state index contributed by atoms with van der Waals surface area (Å²) >= 11 is 6.31. The van der Waals surface area contributed by atoms with Gasteiger partial charge < -0.3 is 14.9 Å². The van der Waals surface area contributed by atoms with E-state index in [0.29, 0.717) is 41.5 Å². The monoisotopic (exact) mass is 557 g/mol. The molecule has 14 heteroatoms. The van der Waals surface area contributed by atoms with Crippen LogP contribution in [-0.2, 0) is 13.1 Å². The van der Waals surface area contributed by atoms with Gasteiger partial charge >= 0.3 is 6.18 Å². The number of nitrogens with zero attached hydrogens (tertiary/aromatic N) is 9. The van der Waals surface area contributed by atoms with Gasteiger partial charge in [-0.2, -0.15) is 18.4 Å². The predicted octanol–water partition coefficient (Wildman–Crippen LogP) is 2.68. The highest BCUT2D eigenvalue weighted by Gasteiger charge is 2.62. The van der Waals surface area contributed by atoms with Crippen molar-refractivity contribution in [2.45, 2.75) is 43.8 Å². The van der Waals surface area contributed by atoms with Gasteiger partial charge in [-0.25, -0.2) is 9.97 Å². The van der Waals surface area contributed by atoms with Gasteiger partial charge in [0.2, 0.25) is 11.9 Å². The van der Waals surface area contributed by atoms with Crippen LogP contribution in [0.4, 0.5) is 25.1 Å². The summed E-state index contributed by atoms with van der Waals surface area (Å²) < 4.78 is 41.8. The number of alkyl halides is 3. The zero-order valence-electron chi connectivity index (χ0n) is 20.6. The zero-order chi connectivity index (χ0) is 27.2. The Morgan fingerprint density at radius 1 is 1.05 bits per heavy atom. The lowest BCUT2D eigenvalue weighted by Crippen LogP contribution is -2.73. The molecule has 39 heavy (non-hydrogen) atoms. The summed E-state index contributed by atoms with van der Waals surface area (Å²) in [4.78, 5) is 14.7. The molecular weight excluding hydrogens is 535 g/mol. The van der Waals surface area contributed by atoms with E-state index in [4.69, 9.17) is 16.9 Å². The van der Waals surface area contributed by atoms with Crippen molar-refractivity contribution in [3.8, 4) is 11.8 Å². The first-order valence-corrected chi connectivity index (χ1v) is 12.9.